The molecule has 0 saturated heterocycles. The Balaban J connectivity index is 1.41. The molecule has 0 heterocycles. The number of ether oxygens (including phenoxy) is 1. The van der Waals surface area contributed by atoms with Crippen LogP contribution in [0.2, 0.25) is 0 Å². The molecule has 10 heteroatoms. The van der Waals surface area contributed by atoms with Crippen LogP contribution in [0.25, 0.3) is 0 Å². The molecule has 0 aromatic rings. The van der Waals surface area contributed by atoms with Crippen LogP contribution in [0.3, 0.4) is 0 Å². The zero-order valence-electron chi connectivity index (χ0n) is 21.9. The minimum absolute atomic E-state index is 0.00336. The van der Waals surface area contributed by atoms with Crippen LogP contribution >= 0.6 is 0 Å². The van der Waals surface area contributed by atoms with E-state index in [1.54, 1.807) is 0 Å². The van der Waals surface area contributed by atoms with Gasteiger partial charge in [0.05, 0.1) is 0 Å². The number of hydrogen-bond acceptors (Lipinski definition) is 7. The number of hydrogen-bond donors (Lipinski definition) is 1. The van der Waals surface area contributed by atoms with E-state index in [-0.39, 0.29) is 64.7 Å². The first-order chi connectivity index (χ1) is 17.2. The van der Waals surface area contributed by atoms with Crippen LogP contribution < -0.4 is 0 Å². The first-order valence-electron chi connectivity index (χ1n) is 13.5. The van der Waals surface area contributed by atoms with Crippen molar-refractivity contribution in [3.8, 4) is 0 Å². The Labute approximate surface area is 218 Å². The molecule has 4 aliphatic carbocycles. The Bertz CT molecular complexity index is 1070. The third-order valence-corrected chi connectivity index (χ3v) is 11.3. The summed E-state index contributed by atoms with van der Waals surface area (Å²) in [6.45, 7) is 5.43. The molecule has 4 saturated carbocycles. The molecule has 9 unspecified atom stereocenters. The molecular formula is C27H39FO8S. The fraction of sp³-hybridized carbons (Fsp3) is 0.852. The van der Waals surface area contributed by atoms with Crippen molar-refractivity contribution in [2.24, 2.45) is 46.3 Å². The van der Waals surface area contributed by atoms with Crippen LogP contribution in [0.1, 0.15) is 78.6 Å². The third kappa shape index (κ3) is 5.29. The highest BCUT2D eigenvalue weighted by molar-refractivity contribution is 7.85. The van der Waals surface area contributed by atoms with E-state index < -0.39 is 40.0 Å². The number of carbonyl (C=O) groups excluding carboxylic acids is 4. The summed E-state index contributed by atoms with van der Waals surface area (Å²) in [6.07, 6.45) is 2.49. The van der Waals surface area contributed by atoms with Gasteiger partial charge in [-0.25, -0.2) is 4.39 Å². The van der Waals surface area contributed by atoms with E-state index in [1.807, 2.05) is 13.8 Å². The van der Waals surface area contributed by atoms with Crippen molar-refractivity contribution in [2.75, 3.05) is 12.4 Å². The first kappa shape index (κ1) is 28.3. The maximum Gasteiger partial charge on any atom is 0.305 e. The summed E-state index contributed by atoms with van der Waals surface area (Å²) in [5.41, 5.74) is -0.812. The second-order valence-electron chi connectivity index (χ2n) is 12.5. The number of fused-ring (bicyclic) bond motifs is 5. The van der Waals surface area contributed by atoms with Gasteiger partial charge >= 0.3 is 5.97 Å². The second-order valence-corrected chi connectivity index (χ2v) is 14.0. The Morgan fingerprint density at radius 3 is 2.51 bits per heavy atom. The fourth-order valence-corrected chi connectivity index (χ4v) is 9.02. The molecule has 0 spiro atoms. The molecule has 0 bridgehead atoms. The Hall–Kier alpha value is -1.68. The molecule has 0 aromatic carbocycles. The second kappa shape index (κ2) is 10.1. The lowest BCUT2D eigenvalue weighted by Gasteiger charge is -2.58. The van der Waals surface area contributed by atoms with Gasteiger partial charge in [0.25, 0.3) is 10.1 Å². The van der Waals surface area contributed by atoms with Crippen LogP contribution in [-0.2, 0) is 34.0 Å². The fourth-order valence-electron chi connectivity index (χ4n) is 8.47. The average molecular weight is 543 g/mol. The van der Waals surface area contributed by atoms with Gasteiger partial charge in [-0.15, -0.1) is 0 Å². The van der Waals surface area contributed by atoms with Crippen LogP contribution in [0.4, 0.5) is 4.39 Å². The standard InChI is InChI=1S/C27H39FO8S/c1-15(4-7-24(32)36-13-17(28)14-37(33,34)35)19-5-6-20-25-21(12-23(31)27(19,20)3)26(2)9-8-18(29)10-16(26)11-22(25)30/h15-17,19-21,25H,4-14H2,1-3H3,(H,33,34,35). The van der Waals surface area contributed by atoms with Gasteiger partial charge in [0, 0.05) is 43.4 Å². The van der Waals surface area contributed by atoms with E-state index >= 15 is 0 Å². The first-order valence-corrected chi connectivity index (χ1v) is 15.1. The summed E-state index contributed by atoms with van der Waals surface area (Å²) in [4.78, 5) is 51.5. The van der Waals surface area contributed by atoms with Crippen molar-refractivity contribution >= 4 is 33.4 Å². The summed E-state index contributed by atoms with van der Waals surface area (Å²) < 4.78 is 48.6. The average Bonchev–Trinajstić information content (AvgIpc) is 3.15. The lowest BCUT2D eigenvalue weighted by Crippen LogP contribution is -2.60. The van der Waals surface area contributed by atoms with Gasteiger partial charge in [-0.3, -0.25) is 23.7 Å². The van der Waals surface area contributed by atoms with Gasteiger partial charge < -0.3 is 4.74 Å². The van der Waals surface area contributed by atoms with Gasteiger partial charge in [0.2, 0.25) is 0 Å². The quantitative estimate of drug-likeness (QED) is 0.362. The molecule has 8 nitrogen and oxygen atoms in total. The highest BCUT2D eigenvalue weighted by Crippen LogP contribution is 2.66. The van der Waals surface area contributed by atoms with Crippen LogP contribution in [0.15, 0.2) is 0 Å². The van der Waals surface area contributed by atoms with E-state index in [0.29, 0.717) is 32.1 Å². The molecule has 4 rings (SSSR count). The van der Waals surface area contributed by atoms with Gasteiger partial charge in [-0.2, -0.15) is 8.42 Å². The number of halogens is 1. The summed E-state index contributed by atoms with van der Waals surface area (Å²) in [7, 11) is -4.49. The van der Waals surface area contributed by atoms with Gasteiger partial charge in [0.15, 0.2) is 6.17 Å². The Kier molecular flexibility index (Phi) is 7.76. The molecule has 4 aliphatic rings. The van der Waals surface area contributed by atoms with E-state index in [1.165, 1.54) is 0 Å². The van der Waals surface area contributed by atoms with Crippen molar-refractivity contribution in [1.29, 1.82) is 0 Å². The summed E-state index contributed by atoms with van der Waals surface area (Å²) in [5, 5.41) is 0. The smallest absolute Gasteiger partial charge is 0.305 e. The molecular weight excluding hydrogens is 503 g/mol. The molecule has 37 heavy (non-hydrogen) atoms. The van der Waals surface area contributed by atoms with Crippen molar-refractivity contribution in [3.63, 3.8) is 0 Å². The summed E-state index contributed by atoms with van der Waals surface area (Å²) in [6, 6.07) is 0. The number of ketones is 3. The zero-order chi connectivity index (χ0) is 27.3. The SMILES string of the molecule is CC(CCC(=O)OCC(F)CS(=O)(=O)O)C1CCC2C3C(=O)CC4CC(=O)CCC4(C)C3CC(=O)C12C. The van der Waals surface area contributed by atoms with Gasteiger partial charge in [-0.05, 0) is 60.7 Å². The van der Waals surface area contributed by atoms with Crippen molar-refractivity contribution in [1.82, 2.24) is 0 Å². The van der Waals surface area contributed by atoms with Gasteiger partial charge in [0.1, 0.15) is 29.7 Å². The van der Waals surface area contributed by atoms with E-state index in [9.17, 15) is 32.0 Å². The lowest BCUT2D eigenvalue weighted by molar-refractivity contribution is -0.166. The minimum atomic E-state index is -4.49. The normalized spacial score (nSPS) is 39.4. The molecule has 0 amide bonds. The molecule has 0 radical (unpaired) electrons. The minimum Gasteiger partial charge on any atom is -0.463 e. The predicted molar refractivity (Wildman–Crippen MR) is 132 cm³/mol. The largest absolute Gasteiger partial charge is 0.463 e. The maximum absolute atomic E-state index is 13.8. The van der Waals surface area contributed by atoms with Gasteiger partial charge in [-0.1, -0.05) is 20.8 Å². The van der Waals surface area contributed by atoms with E-state index in [4.69, 9.17) is 9.29 Å². The van der Waals surface area contributed by atoms with E-state index in [2.05, 4.69) is 6.92 Å². The highest BCUT2D eigenvalue weighted by Gasteiger charge is 2.66. The molecule has 9 atom stereocenters. The summed E-state index contributed by atoms with van der Waals surface area (Å²) in [5.74, 6) is -1.35. The lowest BCUT2D eigenvalue weighted by atomic mass is 9.44. The zero-order valence-corrected chi connectivity index (χ0v) is 22.7. The molecule has 208 valence electrons. The third-order valence-electron chi connectivity index (χ3n) is 10.5. The number of rotatable bonds is 8. The molecule has 4 fully saturated rings. The van der Waals surface area contributed by atoms with Crippen LogP contribution in [0.5, 0.6) is 0 Å². The molecule has 1 N–H and O–H groups in total. The van der Waals surface area contributed by atoms with Crippen molar-refractivity contribution in [3.05, 3.63) is 0 Å². The maximum atomic E-state index is 13.8. The van der Waals surface area contributed by atoms with Crippen molar-refractivity contribution in [2.45, 2.75) is 84.7 Å². The van der Waals surface area contributed by atoms with E-state index in [0.717, 1.165) is 19.3 Å². The topological polar surface area (TPSA) is 132 Å². The number of esters is 1. The molecule has 0 aromatic heterocycles. The van der Waals surface area contributed by atoms with Crippen molar-refractivity contribution < 1.29 is 41.3 Å². The Morgan fingerprint density at radius 2 is 1.84 bits per heavy atom. The summed E-state index contributed by atoms with van der Waals surface area (Å²) >= 11 is 0. The van der Waals surface area contributed by atoms with Crippen LogP contribution in [-0.4, -0.2) is 54.8 Å². The molecule has 0 aliphatic heterocycles. The number of carbonyl (C=O) groups is 4. The Morgan fingerprint density at radius 1 is 1.14 bits per heavy atom. The number of alkyl halides is 1. The number of Topliss-reactive ketones (excluding diaryl/α,β-unsaturated/α-hetero) is 3. The monoisotopic (exact) mass is 542 g/mol. The van der Waals surface area contributed by atoms with Crippen LogP contribution in [0, 0.1) is 46.3 Å². The highest BCUT2D eigenvalue weighted by atomic mass is 32.2. The predicted octanol–water partition coefficient (Wildman–Crippen LogP) is 3.76.